The van der Waals surface area contributed by atoms with Crippen LogP contribution in [0.15, 0.2) is 59.7 Å². The van der Waals surface area contributed by atoms with Crippen LogP contribution in [0.1, 0.15) is 47.1 Å². The fraction of sp³-hybridized carbons (Fsp3) is 0.261. The maximum absolute atomic E-state index is 13.1. The predicted molar refractivity (Wildman–Crippen MR) is 117 cm³/mol. The van der Waals surface area contributed by atoms with Crippen LogP contribution in [0.2, 0.25) is 5.02 Å². The Kier molecular flexibility index (Phi) is 6.83. The van der Waals surface area contributed by atoms with Crippen molar-refractivity contribution in [1.29, 1.82) is 0 Å². The van der Waals surface area contributed by atoms with E-state index in [1.165, 1.54) is 6.07 Å². The number of pyridine rings is 2. The highest BCUT2D eigenvalue weighted by molar-refractivity contribution is 6.33. The maximum Gasteiger partial charge on any atom is 0.261 e. The maximum atomic E-state index is 13.1. The first-order valence-corrected chi connectivity index (χ1v) is 10.1. The monoisotopic (exact) mass is 409 g/mol. The summed E-state index contributed by atoms with van der Waals surface area (Å²) in [5.41, 5.74) is 3.02. The van der Waals surface area contributed by atoms with Gasteiger partial charge in [-0.05, 0) is 49.6 Å². The fourth-order valence-corrected chi connectivity index (χ4v) is 3.50. The Labute approximate surface area is 175 Å². The molecule has 1 N–H and O–H groups in total. The van der Waals surface area contributed by atoms with Crippen LogP contribution in [0.4, 0.5) is 5.69 Å². The first-order valence-electron chi connectivity index (χ1n) is 9.69. The predicted octanol–water partition coefficient (Wildman–Crippen LogP) is 4.85. The van der Waals surface area contributed by atoms with Crippen LogP contribution in [0.25, 0.3) is 0 Å². The second-order valence-corrected chi connectivity index (χ2v) is 7.36. The molecule has 0 saturated carbocycles. The zero-order chi connectivity index (χ0) is 20.8. The summed E-state index contributed by atoms with van der Waals surface area (Å²) in [6, 6.07) is 12.4. The van der Waals surface area contributed by atoms with Gasteiger partial charge in [-0.1, -0.05) is 37.1 Å². The average Bonchev–Trinajstić information content (AvgIpc) is 2.71. The van der Waals surface area contributed by atoms with Gasteiger partial charge in [-0.25, -0.2) is 0 Å². The number of unbranched alkanes of at least 4 members (excludes halogenated alkanes) is 1. The SMILES string of the molecule is CCCCc1c(C(=O)Nc2ccccc2Cl)c(=O)cc(C)n1Cc1ccncc1. The zero-order valence-corrected chi connectivity index (χ0v) is 17.4. The van der Waals surface area contributed by atoms with Gasteiger partial charge in [-0.2, -0.15) is 0 Å². The molecule has 29 heavy (non-hydrogen) atoms. The number of aromatic nitrogens is 2. The van der Waals surface area contributed by atoms with Gasteiger partial charge in [0.05, 0.1) is 10.7 Å². The Balaban J connectivity index is 2.07. The van der Waals surface area contributed by atoms with Gasteiger partial charge in [0.2, 0.25) is 0 Å². The summed E-state index contributed by atoms with van der Waals surface area (Å²) >= 11 is 6.18. The van der Waals surface area contributed by atoms with E-state index in [4.69, 9.17) is 11.6 Å². The molecule has 0 spiro atoms. The van der Waals surface area contributed by atoms with Crippen LogP contribution >= 0.6 is 11.6 Å². The molecule has 2 aromatic heterocycles. The standard InChI is InChI=1S/C23H24ClN3O2/c1-3-4-9-20-22(23(29)26-19-8-6-5-7-18(19)24)21(28)14-16(2)27(20)15-17-10-12-25-13-11-17/h5-8,10-14H,3-4,9,15H2,1-2H3,(H,26,29). The van der Waals surface area contributed by atoms with E-state index in [0.717, 1.165) is 29.8 Å². The number of hydrogen-bond acceptors (Lipinski definition) is 3. The molecule has 0 aliphatic carbocycles. The molecule has 0 atom stereocenters. The lowest BCUT2D eigenvalue weighted by Crippen LogP contribution is -2.28. The van der Waals surface area contributed by atoms with Gasteiger partial charge in [0.25, 0.3) is 5.91 Å². The number of para-hydroxylation sites is 1. The highest BCUT2D eigenvalue weighted by atomic mass is 35.5. The molecule has 0 fully saturated rings. The summed E-state index contributed by atoms with van der Waals surface area (Å²) in [5, 5.41) is 3.23. The Morgan fingerprint density at radius 3 is 2.59 bits per heavy atom. The Bertz CT molecular complexity index is 1060. The van der Waals surface area contributed by atoms with Crippen molar-refractivity contribution >= 4 is 23.2 Å². The third-order valence-corrected chi connectivity index (χ3v) is 5.16. The largest absolute Gasteiger partial charge is 0.343 e. The van der Waals surface area contributed by atoms with Gasteiger partial charge in [0, 0.05) is 36.4 Å². The van der Waals surface area contributed by atoms with Gasteiger partial charge in [0.1, 0.15) is 5.56 Å². The number of benzene rings is 1. The van der Waals surface area contributed by atoms with Crippen molar-refractivity contribution < 1.29 is 4.79 Å². The second kappa shape index (κ2) is 9.52. The number of nitrogens with zero attached hydrogens (tertiary/aromatic N) is 2. The molecule has 0 saturated heterocycles. The van der Waals surface area contributed by atoms with Crippen LogP contribution in [0.5, 0.6) is 0 Å². The summed E-state index contributed by atoms with van der Waals surface area (Å²) in [5.74, 6) is -0.433. The molecule has 0 aliphatic rings. The molecular weight excluding hydrogens is 386 g/mol. The fourth-order valence-electron chi connectivity index (χ4n) is 3.32. The number of nitrogens with one attached hydrogen (secondary N) is 1. The number of halogens is 1. The van der Waals surface area contributed by atoms with Crippen molar-refractivity contribution in [2.24, 2.45) is 0 Å². The van der Waals surface area contributed by atoms with Crippen molar-refractivity contribution in [2.75, 3.05) is 5.32 Å². The quantitative estimate of drug-likeness (QED) is 0.606. The molecule has 0 unspecified atom stereocenters. The average molecular weight is 410 g/mol. The minimum atomic E-state index is -0.433. The topological polar surface area (TPSA) is 64.0 Å². The highest BCUT2D eigenvalue weighted by Gasteiger charge is 2.21. The molecular formula is C23H24ClN3O2. The van der Waals surface area contributed by atoms with E-state index >= 15 is 0 Å². The third-order valence-electron chi connectivity index (χ3n) is 4.83. The van der Waals surface area contributed by atoms with E-state index in [0.29, 0.717) is 23.7 Å². The van der Waals surface area contributed by atoms with E-state index in [2.05, 4.69) is 17.2 Å². The summed E-state index contributed by atoms with van der Waals surface area (Å²) in [6.07, 6.45) is 5.96. The summed E-state index contributed by atoms with van der Waals surface area (Å²) in [4.78, 5) is 30.0. The van der Waals surface area contributed by atoms with Gasteiger partial charge >= 0.3 is 0 Å². The molecule has 3 rings (SSSR count). The third kappa shape index (κ3) is 4.93. The molecule has 6 heteroatoms. The normalized spacial score (nSPS) is 10.7. The van der Waals surface area contributed by atoms with E-state index < -0.39 is 5.91 Å². The second-order valence-electron chi connectivity index (χ2n) is 6.95. The number of anilines is 1. The van der Waals surface area contributed by atoms with Crippen LogP contribution in [0, 0.1) is 6.92 Å². The summed E-state index contributed by atoms with van der Waals surface area (Å²) < 4.78 is 2.05. The van der Waals surface area contributed by atoms with Gasteiger partial charge in [0.15, 0.2) is 5.43 Å². The van der Waals surface area contributed by atoms with Crippen LogP contribution in [-0.4, -0.2) is 15.5 Å². The molecule has 2 heterocycles. The minimum absolute atomic E-state index is 0.179. The molecule has 0 bridgehead atoms. The first-order chi connectivity index (χ1) is 14.0. The summed E-state index contributed by atoms with van der Waals surface area (Å²) in [6.45, 7) is 4.55. The number of aryl methyl sites for hydroxylation is 1. The number of carbonyl (C=O) groups is 1. The number of hydrogen-bond donors (Lipinski definition) is 1. The molecule has 0 radical (unpaired) electrons. The van der Waals surface area contributed by atoms with Gasteiger partial charge < -0.3 is 9.88 Å². The highest BCUT2D eigenvalue weighted by Crippen LogP contribution is 2.22. The van der Waals surface area contributed by atoms with Crippen molar-refractivity contribution in [3.05, 3.63) is 92.6 Å². The smallest absolute Gasteiger partial charge is 0.261 e. The summed E-state index contributed by atoms with van der Waals surface area (Å²) in [7, 11) is 0. The van der Waals surface area contributed by atoms with Crippen molar-refractivity contribution in [1.82, 2.24) is 9.55 Å². The number of rotatable bonds is 7. The van der Waals surface area contributed by atoms with Gasteiger partial charge in [-0.3, -0.25) is 14.6 Å². The van der Waals surface area contributed by atoms with Crippen LogP contribution in [0.3, 0.4) is 0 Å². The lowest BCUT2D eigenvalue weighted by atomic mass is 10.0. The molecule has 1 amide bonds. The van der Waals surface area contributed by atoms with E-state index in [-0.39, 0.29) is 11.0 Å². The number of carbonyl (C=O) groups excluding carboxylic acids is 1. The first kappa shape index (κ1) is 20.8. The minimum Gasteiger partial charge on any atom is -0.343 e. The Morgan fingerprint density at radius 1 is 1.17 bits per heavy atom. The van der Waals surface area contributed by atoms with Crippen LogP contribution in [-0.2, 0) is 13.0 Å². The van der Waals surface area contributed by atoms with E-state index in [1.807, 2.05) is 23.6 Å². The molecule has 150 valence electrons. The van der Waals surface area contributed by atoms with Crippen molar-refractivity contribution in [3.63, 3.8) is 0 Å². The molecule has 0 aliphatic heterocycles. The van der Waals surface area contributed by atoms with Crippen molar-refractivity contribution in [2.45, 2.75) is 39.7 Å². The lowest BCUT2D eigenvalue weighted by Gasteiger charge is -2.20. The molecule has 1 aromatic carbocycles. The van der Waals surface area contributed by atoms with Crippen LogP contribution < -0.4 is 10.7 Å². The Morgan fingerprint density at radius 2 is 1.90 bits per heavy atom. The Hall–Kier alpha value is -2.92. The van der Waals surface area contributed by atoms with Gasteiger partial charge in [-0.15, -0.1) is 0 Å². The van der Waals surface area contributed by atoms with E-state index in [9.17, 15) is 9.59 Å². The molecule has 5 nitrogen and oxygen atoms in total. The number of amides is 1. The van der Waals surface area contributed by atoms with Crippen molar-refractivity contribution in [3.8, 4) is 0 Å². The molecule has 3 aromatic rings. The zero-order valence-electron chi connectivity index (χ0n) is 16.6. The van der Waals surface area contributed by atoms with E-state index in [1.54, 1.807) is 36.7 Å². The lowest BCUT2D eigenvalue weighted by molar-refractivity contribution is 0.102.